The number of nitriles is 1. The van der Waals surface area contributed by atoms with E-state index in [1.54, 1.807) is 6.07 Å². The fourth-order valence-corrected chi connectivity index (χ4v) is 7.03. The molecule has 4 rings (SSSR count). The monoisotopic (exact) mass is 604 g/mol. The smallest absolute Gasteiger partial charge is 0.0967 e. The average molecular weight is 605 g/mol. The number of hydrogen-bond acceptors (Lipinski definition) is 3. The molecule has 0 saturated heterocycles. The van der Waals surface area contributed by atoms with Crippen LogP contribution in [0, 0.1) is 25.4 Å². The molecule has 0 spiro atoms. The third kappa shape index (κ3) is 8.83. The minimum atomic E-state index is -0.825. The summed E-state index contributed by atoms with van der Waals surface area (Å²) in [6.07, 6.45) is 5.62. The van der Waals surface area contributed by atoms with Gasteiger partial charge in [0.1, 0.15) is 0 Å². The SMILES string of the molecule is CC#N.CC(C)c1cccc(C(C)C)c1N1C=CN(CC[PH+](c2ccccc2)c2ccccc2)[CH-]1.[CH3-].[Pd]. The summed E-state index contributed by atoms with van der Waals surface area (Å²) in [7, 11) is -0.825. The molecule has 0 aliphatic carbocycles. The molecule has 0 bridgehead atoms. The van der Waals surface area contributed by atoms with Gasteiger partial charge in [0.15, 0.2) is 0 Å². The Hall–Kier alpha value is -2.42. The van der Waals surface area contributed by atoms with Crippen LogP contribution in [-0.2, 0) is 20.4 Å². The van der Waals surface area contributed by atoms with E-state index in [9.17, 15) is 0 Å². The van der Waals surface area contributed by atoms with Crippen molar-refractivity contribution in [3.63, 3.8) is 0 Å². The molecular formula is C32H41N3PPd-. The van der Waals surface area contributed by atoms with E-state index in [0.717, 1.165) is 12.7 Å². The van der Waals surface area contributed by atoms with Gasteiger partial charge in [-0.2, -0.15) is 11.9 Å². The maximum absolute atomic E-state index is 7.32. The van der Waals surface area contributed by atoms with Crippen molar-refractivity contribution in [1.29, 1.82) is 5.26 Å². The fraction of sp³-hybridized carbons (Fsp3) is 0.281. The Labute approximate surface area is 240 Å². The molecule has 1 heterocycles. The fourth-order valence-electron chi connectivity index (χ4n) is 4.44. The molecule has 0 N–H and O–H groups in total. The van der Waals surface area contributed by atoms with E-state index in [0.29, 0.717) is 11.8 Å². The molecule has 1 aliphatic heterocycles. The molecule has 1 aliphatic rings. The van der Waals surface area contributed by atoms with Crippen LogP contribution in [0.25, 0.3) is 0 Å². The first-order valence-corrected chi connectivity index (χ1v) is 14.1. The van der Waals surface area contributed by atoms with Gasteiger partial charge in [-0.25, -0.2) is 0 Å². The summed E-state index contributed by atoms with van der Waals surface area (Å²) in [5, 5.41) is 10.3. The Morgan fingerprint density at radius 1 is 0.784 bits per heavy atom. The number of hydrogen-bond donors (Lipinski definition) is 0. The van der Waals surface area contributed by atoms with Gasteiger partial charge in [0.2, 0.25) is 0 Å². The first-order chi connectivity index (χ1) is 17.0. The predicted molar refractivity (Wildman–Crippen MR) is 160 cm³/mol. The number of benzene rings is 3. The van der Waals surface area contributed by atoms with Gasteiger partial charge >= 0.3 is 0 Å². The summed E-state index contributed by atoms with van der Waals surface area (Å²) in [6.45, 7) is 13.9. The Morgan fingerprint density at radius 2 is 1.24 bits per heavy atom. The molecule has 0 amide bonds. The minimum Gasteiger partial charge on any atom is -0.505 e. The van der Waals surface area contributed by atoms with Gasteiger partial charge in [0.25, 0.3) is 0 Å². The van der Waals surface area contributed by atoms with E-state index in [1.807, 2.05) is 0 Å². The summed E-state index contributed by atoms with van der Waals surface area (Å²) < 4.78 is 0. The summed E-state index contributed by atoms with van der Waals surface area (Å²) >= 11 is 0. The van der Waals surface area contributed by atoms with Gasteiger partial charge in [-0.15, -0.1) is 0 Å². The van der Waals surface area contributed by atoms with Crippen molar-refractivity contribution in [3.8, 4) is 6.07 Å². The van der Waals surface area contributed by atoms with Gasteiger partial charge in [0, 0.05) is 39.6 Å². The quantitative estimate of drug-likeness (QED) is 0.152. The van der Waals surface area contributed by atoms with Gasteiger partial charge in [-0.05, 0) is 59.6 Å². The van der Waals surface area contributed by atoms with Crippen molar-refractivity contribution in [2.24, 2.45) is 0 Å². The van der Waals surface area contributed by atoms with Gasteiger partial charge in [-0.1, -0.05) is 82.3 Å². The molecule has 0 fully saturated rings. The molecule has 3 nitrogen and oxygen atoms in total. The Bertz CT molecular complexity index is 1060. The molecule has 5 heteroatoms. The minimum absolute atomic E-state index is 0. The van der Waals surface area contributed by atoms with E-state index < -0.39 is 7.92 Å². The van der Waals surface area contributed by atoms with Crippen molar-refractivity contribution >= 4 is 24.2 Å². The van der Waals surface area contributed by atoms with Crippen LogP contribution in [0.1, 0.15) is 57.6 Å². The normalized spacial score (nSPS) is 12.1. The topological polar surface area (TPSA) is 30.3 Å². The first-order valence-electron chi connectivity index (χ1n) is 12.4. The average Bonchev–Trinajstić information content (AvgIpc) is 3.34. The van der Waals surface area contributed by atoms with E-state index in [2.05, 4.69) is 135 Å². The van der Waals surface area contributed by atoms with Crippen LogP contribution in [0.3, 0.4) is 0 Å². The molecule has 200 valence electrons. The van der Waals surface area contributed by atoms with Gasteiger partial charge in [-0.3, -0.25) is 0 Å². The molecule has 37 heavy (non-hydrogen) atoms. The standard InChI is InChI=1S/C29H34N2P.C2H3N.CH3.Pd/c1-23(2)27-16-11-17-28(24(3)4)29(27)31-19-18-30(22-31)20-21-32(25-12-7-5-8-13-25)26-14-9-6-10-15-26;1-2-3;;/h5-19,22-24H,20-21H2,1-4H3;1H3;1H3;/q-1;;-1;/p+1. The second-order valence-corrected chi connectivity index (χ2v) is 11.9. The first kappa shape index (κ1) is 32.6. The van der Waals surface area contributed by atoms with Crippen molar-refractivity contribution < 1.29 is 20.4 Å². The van der Waals surface area contributed by atoms with Crippen molar-refractivity contribution in [2.45, 2.75) is 46.5 Å². The largest absolute Gasteiger partial charge is 0.505 e. The van der Waals surface area contributed by atoms with Crippen LogP contribution in [-0.4, -0.2) is 17.6 Å². The van der Waals surface area contributed by atoms with Crippen LogP contribution >= 0.6 is 7.92 Å². The van der Waals surface area contributed by atoms with Crippen LogP contribution in [0.4, 0.5) is 5.69 Å². The molecular weight excluding hydrogens is 564 g/mol. The van der Waals surface area contributed by atoms with Crippen LogP contribution in [0.5, 0.6) is 0 Å². The summed E-state index contributed by atoms with van der Waals surface area (Å²) in [6, 6.07) is 30.6. The number of anilines is 1. The number of nitrogens with zero attached hydrogens (tertiary/aromatic N) is 3. The molecule has 3 aromatic rings. The van der Waals surface area contributed by atoms with Crippen molar-refractivity contribution in [1.82, 2.24) is 4.90 Å². The zero-order valence-corrected chi connectivity index (χ0v) is 25.5. The van der Waals surface area contributed by atoms with Crippen LogP contribution in [0.15, 0.2) is 91.3 Å². The number of para-hydroxylation sites is 1. The summed E-state index contributed by atoms with van der Waals surface area (Å²) in [5.74, 6) is 0.982. The molecule has 0 saturated carbocycles. The van der Waals surface area contributed by atoms with E-state index in [-0.39, 0.29) is 27.8 Å². The molecule has 3 aromatic carbocycles. The molecule has 0 unspecified atom stereocenters. The van der Waals surface area contributed by atoms with Gasteiger partial charge in [0.05, 0.1) is 30.8 Å². The second-order valence-electron chi connectivity index (χ2n) is 9.34. The van der Waals surface area contributed by atoms with Crippen molar-refractivity contribution in [3.05, 3.63) is 116 Å². The van der Waals surface area contributed by atoms with E-state index >= 15 is 0 Å². The predicted octanol–water partition coefficient (Wildman–Crippen LogP) is 7.49. The maximum atomic E-state index is 7.32. The third-order valence-electron chi connectivity index (χ3n) is 6.16. The Balaban J connectivity index is 0.00000131. The molecule has 0 radical (unpaired) electrons. The molecule has 0 atom stereocenters. The number of rotatable bonds is 8. The maximum Gasteiger partial charge on any atom is 0.0967 e. The van der Waals surface area contributed by atoms with E-state index in [1.165, 1.54) is 34.3 Å². The van der Waals surface area contributed by atoms with E-state index in [4.69, 9.17) is 5.26 Å². The Morgan fingerprint density at radius 3 is 1.68 bits per heavy atom. The third-order valence-corrected chi connectivity index (χ3v) is 8.94. The van der Waals surface area contributed by atoms with Crippen LogP contribution < -0.4 is 15.5 Å². The zero-order chi connectivity index (χ0) is 25.2. The second kappa shape index (κ2) is 16.4. The van der Waals surface area contributed by atoms with Crippen molar-refractivity contribution in [2.75, 3.05) is 17.6 Å². The summed E-state index contributed by atoms with van der Waals surface area (Å²) in [4.78, 5) is 4.69. The van der Waals surface area contributed by atoms with Gasteiger partial charge < -0.3 is 17.2 Å². The molecule has 0 aromatic heterocycles. The zero-order valence-electron chi connectivity index (χ0n) is 23.0. The Kier molecular flexibility index (Phi) is 14.5. The summed E-state index contributed by atoms with van der Waals surface area (Å²) in [5.41, 5.74) is 4.18. The van der Waals surface area contributed by atoms with Crippen LogP contribution in [0.2, 0.25) is 0 Å².